The van der Waals surface area contributed by atoms with Crippen LogP contribution in [0.5, 0.6) is 11.5 Å². The van der Waals surface area contributed by atoms with E-state index in [1.807, 2.05) is 45.9 Å². The van der Waals surface area contributed by atoms with Crippen LogP contribution in [0.1, 0.15) is 93.6 Å². The van der Waals surface area contributed by atoms with Crippen LogP contribution in [-0.2, 0) is 64.1 Å². The maximum absolute atomic E-state index is 12.0. The molecular formula is C45H60N2O12. The maximum Gasteiger partial charge on any atom is 0.342 e. The fraction of sp³-hybridized carbons (Fsp3) is 0.556. The van der Waals surface area contributed by atoms with Gasteiger partial charge in [0.15, 0.2) is 0 Å². The van der Waals surface area contributed by atoms with E-state index in [1.165, 1.54) is 0 Å². The van der Waals surface area contributed by atoms with Crippen molar-refractivity contribution < 1.29 is 57.4 Å². The maximum atomic E-state index is 12.0. The summed E-state index contributed by atoms with van der Waals surface area (Å²) < 4.78 is 37.0. The number of hydrogen-bond acceptors (Lipinski definition) is 14. The quantitative estimate of drug-likeness (QED) is 0.124. The molecule has 2 aromatic carbocycles. The van der Waals surface area contributed by atoms with E-state index in [0.29, 0.717) is 69.5 Å². The molecular weight excluding hydrogens is 760 g/mol. The van der Waals surface area contributed by atoms with Crippen LogP contribution >= 0.6 is 0 Å². The topological polar surface area (TPSA) is 160 Å². The largest absolute Gasteiger partial charge is 0.507 e. The van der Waals surface area contributed by atoms with Gasteiger partial charge in [0.25, 0.3) is 0 Å². The molecule has 4 heterocycles. The van der Waals surface area contributed by atoms with Crippen molar-refractivity contribution in [3.8, 4) is 11.5 Å². The lowest BCUT2D eigenvalue weighted by atomic mass is 9.96. The summed E-state index contributed by atoms with van der Waals surface area (Å²) in [6.07, 6.45) is 7.10. The summed E-state index contributed by atoms with van der Waals surface area (Å²) >= 11 is 0. The van der Waals surface area contributed by atoms with E-state index in [0.717, 1.165) is 110 Å². The standard InChI is InChI=1S/C23H31NO6.C22H29NO6/c1-16(5-7-21(25)29-13-10-24-8-11-28-12-9-24)4-6-18-14-19-20(15-30-23(19)26)17(2)22(18)27-3;1-15(4-6-19(24)28-12-9-23-7-10-27-11-8-23)3-5-17-13-16(2)18-14-29-22(26)20(18)21(17)25/h4,14H,5-13,15H2,1-3H3;3,13,25H,4-12,14H2,1-2H3/b16-4+;15-3+. The number of allylic oxidation sites excluding steroid dienone is 4. The Morgan fingerprint density at radius 2 is 1.24 bits per heavy atom. The summed E-state index contributed by atoms with van der Waals surface area (Å²) in [5.41, 5.74) is 8.23. The van der Waals surface area contributed by atoms with Crippen LogP contribution < -0.4 is 4.74 Å². The number of rotatable bonds is 17. The Bertz CT molecular complexity index is 1870. The molecule has 2 fully saturated rings. The van der Waals surface area contributed by atoms with Crippen molar-refractivity contribution >= 4 is 23.9 Å². The third kappa shape index (κ3) is 13.1. The Morgan fingerprint density at radius 1 is 0.729 bits per heavy atom. The van der Waals surface area contributed by atoms with Crippen molar-refractivity contribution in [3.05, 3.63) is 79.9 Å². The van der Waals surface area contributed by atoms with Gasteiger partial charge in [-0.3, -0.25) is 19.4 Å². The Hall–Kier alpha value is -4.76. The van der Waals surface area contributed by atoms with Crippen LogP contribution in [0, 0.1) is 13.8 Å². The summed E-state index contributed by atoms with van der Waals surface area (Å²) in [4.78, 5) is 52.2. The van der Waals surface area contributed by atoms with Gasteiger partial charge in [-0.15, -0.1) is 0 Å². The number of ether oxygens (including phenoxy) is 7. The third-order valence-corrected chi connectivity index (χ3v) is 11.1. The number of methoxy groups -OCH3 is 1. The van der Waals surface area contributed by atoms with Crippen LogP contribution in [0.15, 0.2) is 35.4 Å². The molecule has 322 valence electrons. The molecule has 2 aromatic rings. The van der Waals surface area contributed by atoms with Gasteiger partial charge in [-0.05, 0) is 81.7 Å². The van der Waals surface area contributed by atoms with E-state index < -0.39 is 5.97 Å². The number of aromatic hydroxyl groups is 1. The number of phenolic OH excluding ortho intramolecular Hbond substituents is 1. The second-order valence-corrected chi connectivity index (χ2v) is 15.3. The molecule has 0 saturated carbocycles. The van der Waals surface area contributed by atoms with Crippen LogP contribution in [0.2, 0.25) is 0 Å². The summed E-state index contributed by atoms with van der Waals surface area (Å²) in [6, 6.07) is 3.75. The first kappa shape index (κ1) is 45.3. The molecule has 1 N–H and O–H groups in total. The number of morpholine rings is 2. The SMILES string of the molecule is C/C(=C\Cc1cc(C)c2c(c1O)C(=O)OC2)CCC(=O)OCCN1CCOCC1.COc1c(C/C=C(\C)CCC(=O)OCCN2CCOCC2)cc2c(c1C)COC2=O. The van der Waals surface area contributed by atoms with Crippen LogP contribution in [0.25, 0.3) is 0 Å². The van der Waals surface area contributed by atoms with Gasteiger partial charge in [0.2, 0.25) is 0 Å². The van der Waals surface area contributed by atoms with Gasteiger partial charge in [0.1, 0.15) is 43.5 Å². The molecule has 59 heavy (non-hydrogen) atoms. The van der Waals surface area contributed by atoms with Crippen molar-refractivity contribution in [2.75, 3.05) is 86.0 Å². The average Bonchev–Trinajstić information content (AvgIpc) is 3.82. The Balaban J connectivity index is 0.000000224. The summed E-state index contributed by atoms with van der Waals surface area (Å²) in [7, 11) is 1.64. The lowest BCUT2D eigenvalue weighted by molar-refractivity contribution is -0.145. The molecule has 0 unspecified atom stereocenters. The predicted molar refractivity (Wildman–Crippen MR) is 219 cm³/mol. The number of carbonyl (C=O) groups excluding carboxylic acids is 4. The highest BCUT2D eigenvalue weighted by Crippen LogP contribution is 2.36. The summed E-state index contributed by atoms with van der Waals surface area (Å²) in [5.74, 6) is -0.339. The van der Waals surface area contributed by atoms with E-state index in [4.69, 9.17) is 33.2 Å². The first-order valence-corrected chi connectivity index (χ1v) is 20.6. The molecule has 0 radical (unpaired) electrons. The average molecular weight is 821 g/mol. The minimum atomic E-state index is -0.469. The fourth-order valence-corrected chi connectivity index (χ4v) is 7.36. The molecule has 4 aliphatic heterocycles. The smallest absolute Gasteiger partial charge is 0.342 e. The van der Waals surface area contributed by atoms with Crippen molar-refractivity contribution in [2.45, 2.75) is 79.4 Å². The zero-order valence-corrected chi connectivity index (χ0v) is 35.3. The molecule has 6 rings (SSSR count). The molecule has 14 heteroatoms. The zero-order valence-electron chi connectivity index (χ0n) is 35.3. The second-order valence-electron chi connectivity index (χ2n) is 15.3. The van der Waals surface area contributed by atoms with E-state index >= 15 is 0 Å². The van der Waals surface area contributed by atoms with Crippen molar-refractivity contribution in [1.82, 2.24) is 9.80 Å². The highest BCUT2D eigenvalue weighted by atomic mass is 16.5. The number of nitrogens with zero attached hydrogens (tertiary/aromatic N) is 2. The van der Waals surface area contributed by atoms with Gasteiger partial charge in [-0.25, -0.2) is 9.59 Å². The predicted octanol–water partition coefficient (Wildman–Crippen LogP) is 5.33. The highest BCUT2D eigenvalue weighted by molar-refractivity contribution is 5.97. The number of benzene rings is 2. The molecule has 14 nitrogen and oxygen atoms in total. The lowest BCUT2D eigenvalue weighted by Crippen LogP contribution is -2.38. The molecule has 0 spiro atoms. The van der Waals surface area contributed by atoms with Gasteiger partial charge in [0.05, 0.1) is 39.1 Å². The Morgan fingerprint density at radius 3 is 1.78 bits per heavy atom. The number of phenols is 1. The minimum absolute atomic E-state index is 0.000303. The first-order valence-electron chi connectivity index (χ1n) is 20.6. The van der Waals surface area contributed by atoms with Gasteiger partial charge in [0, 0.05) is 63.2 Å². The number of cyclic esters (lactones) is 2. The van der Waals surface area contributed by atoms with Crippen LogP contribution in [-0.4, -0.2) is 125 Å². The summed E-state index contributed by atoms with van der Waals surface area (Å²) in [6.45, 7) is 17.2. The number of hydrogen-bond donors (Lipinski definition) is 1. The van der Waals surface area contributed by atoms with Gasteiger partial charge >= 0.3 is 23.9 Å². The van der Waals surface area contributed by atoms with Crippen LogP contribution in [0.4, 0.5) is 0 Å². The van der Waals surface area contributed by atoms with Gasteiger partial charge in [-0.2, -0.15) is 0 Å². The molecule has 0 atom stereocenters. The zero-order chi connectivity index (χ0) is 42.3. The highest BCUT2D eigenvalue weighted by Gasteiger charge is 2.29. The van der Waals surface area contributed by atoms with E-state index in [9.17, 15) is 24.3 Å². The molecule has 2 saturated heterocycles. The number of aryl methyl sites for hydroxylation is 1. The molecule has 0 bridgehead atoms. The van der Waals surface area contributed by atoms with E-state index in [1.54, 1.807) is 7.11 Å². The first-order chi connectivity index (χ1) is 28.4. The van der Waals surface area contributed by atoms with Gasteiger partial charge in [-0.1, -0.05) is 29.4 Å². The molecule has 0 aliphatic carbocycles. The molecule has 0 aromatic heterocycles. The minimum Gasteiger partial charge on any atom is -0.507 e. The molecule has 0 amide bonds. The van der Waals surface area contributed by atoms with Crippen molar-refractivity contribution in [3.63, 3.8) is 0 Å². The normalized spacial score (nSPS) is 17.0. The summed E-state index contributed by atoms with van der Waals surface area (Å²) in [5, 5.41) is 10.4. The Labute approximate surface area is 347 Å². The number of esters is 4. The van der Waals surface area contributed by atoms with E-state index in [2.05, 4.69) is 15.9 Å². The monoisotopic (exact) mass is 820 g/mol. The van der Waals surface area contributed by atoms with Crippen molar-refractivity contribution in [2.24, 2.45) is 0 Å². The third-order valence-electron chi connectivity index (χ3n) is 11.1. The number of fused-ring (bicyclic) bond motifs is 2. The lowest BCUT2D eigenvalue weighted by Gasteiger charge is -2.26. The second kappa shape index (κ2) is 22.6. The van der Waals surface area contributed by atoms with Crippen LogP contribution in [0.3, 0.4) is 0 Å². The van der Waals surface area contributed by atoms with Crippen molar-refractivity contribution in [1.29, 1.82) is 0 Å². The molecule has 4 aliphatic rings. The van der Waals surface area contributed by atoms with E-state index in [-0.39, 0.29) is 35.8 Å². The Kier molecular flexibility index (Phi) is 17.3. The fourth-order valence-electron chi connectivity index (χ4n) is 7.36. The number of carbonyl (C=O) groups is 4. The van der Waals surface area contributed by atoms with Gasteiger partial charge < -0.3 is 38.3 Å².